The lowest BCUT2D eigenvalue weighted by atomic mass is 9.67. The molecule has 0 aromatic rings. The molecule has 3 amide bonds. The summed E-state index contributed by atoms with van der Waals surface area (Å²) in [6.45, 7) is 3.79. The Bertz CT molecular complexity index is 559. The van der Waals surface area contributed by atoms with Gasteiger partial charge >= 0.3 is 6.09 Å². The quantitative estimate of drug-likeness (QED) is 0.745. The molecule has 7 heteroatoms. The van der Waals surface area contributed by atoms with Crippen LogP contribution < -0.4 is 5.73 Å². The largest absolute Gasteiger partial charge is 0.465 e. The van der Waals surface area contributed by atoms with E-state index < -0.39 is 24.0 Å². The number of likely N-dealkylation sites (tertiary alicyclic amines) is 2. The summed E-state index contributed by atoms with van der Waals surface area (Å²) < 4.78 is 0. The van der Waals surface area contributed by atoms with Gasteiger partial charge in [-0.05, 0) is 43.4 Å². The lowest BCUT2D eigenvalue weighted by molar-refractivity contribution is -0.147. The molecule has 4 atom stereocenters. The van der Waals surface area contributed by atoms with Gasteiger partial charge < -0.3 is 20.6 Å². The van der Waals surface area contributed by atoms with E-state index in [0.717, 1.165) is 44.9 Å². The van der Waals surface area contributed by atoms with Crippen molar-refractivity contribution in [1.29, 1.82) is 0 Å². The first-order chi connectivity index (χ1) is 12.4. The first-order valence-electron chi connectivity index (χ1n) is 9.97. The first-order valence-corrected chi connectivity index (χ1v) is 9.97. The average molecular weight is 365 g/mol. The van der Waals surface area contributed by atoms with Gasteiger partial charge in [-0.2, -0.15) is 0 Å². The summed E-state index contributed by atoms with van der Waals surface area (Å²) in [5, 5.41) is 9.71. The lowest BCUT2D eigenvalue weighted by Gasteiger charge is -2.49. The molecule has 146 valence electrons. The molecule has 0 bridgehead atoms. The lowest BCUT2D eigenvalue weighted by Crippen LogP contribution is -2.61. The summed E-state index contributed by atoms with van der Waals surface area (Å²) in [5.41, 5.74) is 5.68. The highest BCUT2D eigenvalue weighted by atomic mass is 16.4. The van der Waals surface area contributed by atoms with Crippen molar-refractivity contribution in [1.82, 2.24) is 9.80 Å². The number of rotatable bonds is 3. The van der Waals surface area contributed by atoms with E-state index in [2.05, 4.69) is 6.92 Å². The Kier molecular flexibility index (Phi) is 5.73. The summed E-state index contributed by atoms with van der Waals surface area (Å²) in [5.74, 6) is -1.01. The third-order valence-corrected chi connectivity index (χ3v) is 6.76. The number of carbonyl (C=O) groups is 3. The molecule has 1 saturated carbocycles. The zero-order valence-corrected chi connectivity index (χ0v) is 15.6. The molecule has 26 heavy (non-hydrogen) atoms. The Hall–Kier alpha value is -1.79. The maximum absolute atomic E-state index is 13.2. The van der Waals surface area contributed by atoms with Crippen molar-refractivity contribution in [2.24, 2.45) is 29.4 Å². The van der Waals surface area contributed by atoms with Crippen LogP contribution in [0.1, 0.15) is 51.9 Å². The molecule has 0 spiro atoms. The van der Waals surface area contributed by atoms with Crippen molar-refractivity contribution in [3.05, 3.63) is 0 Å². The minimum absolute atomic E-state index is 0.0544. The van der Waals surface area contributed by atoms with Gasteiger partial charge in [0.2, 0.25) is 11.8 Å². The molecule has 0 aromatic heterocycles. The van der Waals surface area contributed by atoms with Crippen LogP contribution in [0.5, 0.6) is 0 Å². The molecule has 4 unspecified atom stereocenters. The smallest absolute Gasteiger partial charge is 0.407 e. The van der Waals surface area contributed by atoms with Crippen molar-refractivity contribution < 1.29 is 19.5 Å². The van der Waals surface area contributed by atoms with Crippen LogP contribution in [0.3, 0.4) is 0 Å². The summed E-state index contributed by atoms with van der Waals surface area (Å²) in [7, 11) is 0. The maximum Gasteiger partial charge on any atom is 0.407 e. The van der Waals surface area contributed by atoms with E-state index in [0.29, 0.717) is 31.5 Å². The van der Waals surface area contributed by atoms with Crippen LogP contribution in [0.4, 0.5) is 4.79 Å². The van der Waals surface area contributed by atoms with Gasteiger partial charge in [-0.3, -0.25) is 9.59 Å². The van der Waals surface area contributed by atoms with E-state index in [1.165, 1.54) is 4.90 Å². The van der Waals surface area contributed by atoms with Crippen molar-refractivity contribution in [3.8, 4) is 0 Å². The Labute approximate surface area is 154 Å². The number of nitrogens with two attached hydrogens (primary N) is 1. The van der Waals surface area contributed by atoms with E-state index in [1.807, 2.05) is 0 Å². The fourth-order valence-electron chi connectivity index (χ4n) is 5.24. The molecular weight excluding hydrogens is 334 g/mol. The van der Waals surface area contributed by atoms with Gasteiger partial charge in [0.15, 0.2) is 0 Å². The second-order valence-corrected chi connectivity index (χ2v) is 8.35. The molecule has 1 aliphatic carbocycles. The highest BCUT2D eigenvalue weighted by molar-refractivity contribution is 6.00. The number of piperidine rings is 2. The molecule has 2 heterocycles. The second kappa shape index (κ2) is 7.84. The number of primary amides is 1. The van der Waals surface area contributed by atoms with Gasteiger partial charge in [0.1, 0.15) is 5.92 Å². The van der Waals surface area contributed by atoms with Gasteiger partial charge in [0, 0.05) is 19.6 Å². The zero-order valence-electron chi connectivity index (χ0n) is 15.6. The third kappa shape index (κ3) is 3.67. The van der Waals surface area contributed by atoms with Crippen LogP contribution >= 0.6 is 0 Å². The molecule has 3 N–H and O–H groups in total. The molecule has 3 fully saturated rings. The van der Waals surface area contributed by atoms with E-state index >= 15 is 0 Å². The minimum atomic E-state index is -1.06. The highest BCUT2D eigenvalue weighted by Crippen LogP contribution is 2.42. The Morgan fingerprint density at radius 1 is 1.00 bits per heavy atom. The monoisotopic (exact) mass is 365 g/mol. The highest BCUT2D eigenvalue weighted by Gasteiger charge is 2.50. The van der Waals surface area contributed by atoms with Crippen LogP contribution in [-0.4, -0.2) is 58.5 Å². The average Bonchev–Trinajstić information content (AvgIpc) is 2.62. The number of amides is 3. The fourth-order valence-corrected chi connectivity index (χ4v) is 5.24. The van der Waals surface area contributed by atoms with Gasteiger partial charge in [-0.25, -0.2) is 4.79 Å². The third-order valence-electron chi connectivity index (χ3n) is 6.76. The molecule has 2 aliphatic heterocycles. The van der Waals surface area contributed by atoms with Crippen LogP contribution in [0.15, 0.2) is 0 Å². The minimum Gasteiger partial charge on any atom is -0.465 e. The Morgan fingerprint density at radius 3 is 2.27 bits per heavy atom. The van der Waals surface area contributed by atoms with E-state index in [1.54, 1.807) is 4.90 Å². The SMILES string of the molecule is CC1CCN(C(=O)C(C(N)=O)C2C3CCCCC3CCN2C(=O)O)CC1. The number of carboxylic acid groups (broad SMARTS) is 1. The number of hydrogen-bond donors (Lipinski definition) is 2. The summed E-state index contributed by atoms with van der Waals surface area (Å²) >= 11 is 0. The maximum atomic E-state index is 13.2. The van der Waals surface area contributed by atoms with Crippen molar-refractivity contribution in [3.63, 3.8) is 0 Å². The van der Waals surface area contributed by atoms with Gasteiger partial charge in [0.05, 0.1) is 6.04 Å². The Balaban J connectivity index is 1.88. The molecule has 0 aromatic carbocycles. The summed E-state index contributed by atoms with van der Waals surface area (Å²) in [6.07, 6.45) is 5.67. The fraction of sp³-hybridized carbons (Fsp3) is 0.842. The number of hydrogen-bond acceptors (Lipinski definition) is 3. The predicted octanol–water partition coefficient (Wildman–Crippen LogP) is 1.91. The zero-order chi connectivity index (χ0) is 18.8. The van der Waals surface area contributed by atoms with E-state index in [-0.39, 0.29) is 11.8 Å². The second-order valence-electron chi connectivity index (χ2n) is 8.35. The van der Waals surface area contributed by atoms with Crippen LogP contribution in [0.25, 0.3) is 0 Å². The van der Waals surface area contributed by atoms with Crippen LogP contribution in [0, 0.1) is 23.7 Å². The molecule has 2 saturated heterocycles. The molecule has 7 nitrogen and oxygen atoms in total. The van der Waals surface area contributed by atoms with E-state index in [4.69, 9.17) is 5.73 Å². The van der Waals surface area contributed by atoms with Crippen LogP contribution in [0.2, 0.25) is 0 Å². The summed E-state index contributed by atoms with van der Waals surface area (Å²) in [6, 6.07) is -0.615. The van der Waals surface area contributed by atoms with Crippen molar-refractivity contribution in [2.75, 3.05) is 19.6 Å². The predicted molar refractivity (Wildman–Crippen MR) is 96.2 cm³/mol. The molecular formula is C19H31N3O4. The first kappa shape index (κ1) is 19.0. The van der Waals surface area contributed by atoms with Crippen molar-refractivity contribution in [2.45, 2.75) is 57.9 Å². The number of fused-ring (bicyclic) bond motifs is 1. The van der Waals surface area contributed by atoms with E-state index in [9.17, 15) is 19.5 Å². The molecule has 3 rings (SSSR count). The summed E-state index contributed by atoms with van der Waals surface area (Å²) in [4.78, 5) is 40.4. The van der Waals surface area contributed by atoms with Gasteiger partial charge in [-0.15, -0.1) is 0 Å². The molecule has 3 aliphatic rings. The van der Waals surface area contributed by atoms with Gasteiger partial charge in [-0.1, -0.05) is 26.2 Å². The van der Waals surface area contributed by atoms with Gasteiger partial charge in [0.25, 0.3) is 0 Å². The number of carbonyl (C=O) groups excluding carboxylic acids is 2. The van der Waals surface area contributed by atoms with Crippen molar-refractivity contribution >= 4 is 17.9 Å². The van der Waals surface area contributed by atoms with Crippen LogP contribution in [-0.2, 0) is 9.59 Å². The Morgan fingerprint density at radius 2 is 1.65 bits per heavy atom. The number of nitrogens with zero attached hydrogens (tertiary/aromatic N) is 2. The standard InChI is InChI=1S/C19H31N3O4/c1-12-6-9-21(10-7-12)18(24)15(17(20)23)16-14-5-3-2-4-13(14)8-11-22(16)19(25)26/h12-16H,2-11H2,1H3,(H2,20,23)(H,25,26). The normalized spacial score (nSPS) is 31.2. The topological polar surface area (TPSA) is 104 Å². The molecule has 0 radical (unpaired) electrons.